The molecule has 0 spiro atoms. The van der Waals surface area contributed by atoms with Gasteiger partial charge >= 0.3 is 0 Å². The minimum atomic E-state index is -0.362. The first kappa shape index (κ1) is 17.6. The number of aromatic nitrogens is 2. The van der Waals surface area contributed by atoms with E-state index < -0.39 is 0 Å². The molecule has 1 heterocycles. The molecule has 1 saturated carbocycles. The number of amides is 1. The molecule has 0 radical (unpaired) electrons. The van der Waals surface area contributed by atoms with E-state index in [1.807, 2.05) is 24.3 Å². The van der Waals surface area contributed by atoms with E-state index in [0.717, 1.165) is 12.0 Å². The van der Waals surface area contributed by atoms with Crippen LogP contribution in [-0.2, 0) is 4.79 Å². The van der Waals surface area contributed by atoms with Gasteiger partial charge in [0.1, 0.15) is 10.8 Å². The van der Waals surface area contributed by atoms with Crippen molar-refractivity contribution < 1.29 is 9.18 Å². The van der Waals surface area contributed by atoms with Crippen molar-refractivity contribution in [3.63, 3.8) is 0 Å². The summed E-state index contributed by atoms with van der Waals surface area (Å²) in [5, 5.41) is 12.5. The lowest BCUT2D eigenvalue weighted by Gasteiger charge is -2.01. The van der Waals surface area contributed by atoms with E-state index in [1.54, 1.807) is 6.07 Å². The van der Waals surface area contributed by atoms with Gasteiger partial charge in [0.05, 0.1) is 0 Å². The van der Waals surface area contributed by atoms with Crippen molar-refractivity contribution in [3.8, 4) is 10.6 Å². The average molecular weight is 453 g/mol. The zero-order valence-corrected chi connectivity index (χ0v) is 16.4. The number of carbonyl (C=O) groups excluding carboxylic acids is 1. The van der Waals surface area contributed by atoms with Crippen LogP contribution in [0, 0.1) is 11.7 Å². The number of carbonyl (C=O) groups is 1. The Kier molecular flexibility index (Phi) is 4.77. The van der Waals surface area contributed by atoms with Gasteiger partial charge in [-0.1, -0.05) is 51.0 Å². The van der Waals surface area contributed by atoms with E-state index in [9.17, 15) is 9.18 Å². The fourth-order valence-corrected chi connectivity index (χ4v) is 4.15. The normalized spacial score (nSPS) is 18.6. The second kappa shape index (κ2) is 7.06. The minimum Gasteiger partial charge on any atom is -0.300 e. The lowest BCUT2D eigenvalue weighted by atomic mass is 10.1. The number of hydrogen-bond donors (Lipinski definition) is 1. The van der Waals surface area contributed by atoms with Crippen molar-refractivity contribution in [1.29, 1.82) is 0 Å². The molecule has 1 amide bonds. The van der Waals surface area contributed by atoms with Gasteiger partial charge in [-0.25, -0.2) is 4.39 Å². The van der Waals surface area contributed by atoms with Crippen molar-refractivity contribution in [2.45, 2.75) is 12.3 Å². The van der Waals surface area contributed by atoms with Gasteiger partial charge < -0.3 is 5.32 Å². The predicted molar refractivity (Wildman–Crippen MR) is 104 cm³/mol. The van der Waals surface area contributed by atoms with Gasteiger partial charge in [-0.2, -0.15) is 0 Å². The number of hydrogen-bond acceptors (Lipinski definition) is 4. The second-order valence-corrected chi connectivity index (χ2v) is 8.39. The number of anilines is 1. The number of nitrogens with one attached hydrogen (secondary N) is 1. The Morgan fingerprint density at radius 3 is 2.73 bits per heavy atom. The van der Waals surface area contributed by atoms with Crippen molar-refractivity contribution in [2.24, 2.45) is 5.92 Å². The quantitative estimate of drug-likeness (QED) is 0.568. The minimum absolute atomic E-state index is 0.0759. The highest BCUT2D eigenvalue weighted by Gasteiger charge is 2.44. The predicted octanol–water partition coefficient (Wildman–Crippen LogP) is 5.50. The zero-order valence-electron chi connectivity index (χ0n) is 13.2. The standard InChI is InChI=1S/C18H12BrClFN3OS/c19-11-5-10(6-13(21)7-11)17-23-24-18(26-17)22-16(25)15-8-14(15)9-1-3-12(20)4-2-9/h1-7,14-15H,8H2,(H,22,24,25). The number of halogens is 3. The smallest absolute Gasteiger partial charge is 0.229 e. The molecule has 1 aromatic heterocycles. The van der Waals surface area contributed by atoms with Crippen LogP contribution < -0.4 is 5.32 Å². The summed E-state index contributed by atoms with van der Waals surface area (Å²) in [6, 6.07) is 12.1. The molecule has 4 nitrogen and oxygen atoms in total. The summed E-state index contributed by atoms with van der Waals surface area (Å²) < 4.78 is 14.1. The van der Waals surface area contributed by atoms with E-state index >= 15 is 0 Å². The zero-order chi connectivity index (χ0) is 18.3. The second-order valence-electron chi connectivity index (χ2n) is 6.06. The molecule has 0 bridgehead atoms. The Morgan fingerprint density at radius 2 is 2.00 bits per heavy atom. The highest BCUT2D eigenvalue weighted by molar-refractivity contribution is 9.10. The maximum Gasteiger partial charge on any atom is 0.229 e. The van der Waals surface area contributed by atoms with Gasteiger partial charge in [0.2, 0.25) is 11.0 Å². The first-order chi connectivity index (χ1) is 12.5. The SMILES string of the molecule is O=C(Nc1nnc(-c2cc(F)cc(Br)c2)s1)C1CC1c1ccc(Cl)cc1. The van der Waals surface area contributed by atoms with Crippen LogP contribution in [0.4, 0.5) is 9.52 Å². The van der Waals surface area contributed by atoms with Crippen LogP contribution in [0.5, 0.6) is 0 Å². The Morgan fingerprint density at radius 1 is 1.23 bits per heavy atom. The summed E-state index contributed by atoms with van der Waals surface area (Å²) in [7, 11) is 0. The Balaban J connectivity index is 1.43. The molecule has 0 saturated heterocycles. The third-order valence-electron chi connectivity index (χ3n) is 4.19. The van der Waals surface area contributed by atoms with Gasteiger partial charge in [0, 0.05) is 21.0 Å². The third-order valence-corrected chi connectivity index (χ3v) is 5.79. The third kappa shape index (κ3) is 3.79. The van der Waals surface area contributed by atoms with E-state index in [-0.39, 0.29) is 23.6 Å². The molecule has 3 aromatic rings. The molecule has 1 fully saturated rings. The summed E-state index contributed by atoms with van der Waals surface area (Å²) in [6.45, 7) is 0. The molecule has 26 heavy (non-hydrogen) atoms. The molecule has 4 rings (SSSR count). The number of nitrogens with zero attached hydrogens (tertiary/aromatic N) is 2. The van der Waals surface area contributed by atoms with Crippen LogP contribution in [0.2, 0.25) is 5.02 Å². The van der Waals surface area contributed by atoms with E-state index in [2.05, 4.69) is 31.4 Å². The Hall–Kier alpha value is -1.83. The molecular formula is C18H12BrClFN3OS. The lowest BCUT2D eigenvalue weighted by Crippen LogP contribution is -2.14. The van der Waals surface area contributed by atoms with Crippen molar-refractivity contribution in [1.82, 2.24) is 10.2 Å². The fraction of sp³-hybridized carbons (Fsp3) is 0.167. The Labute approximate surface area is 166 Å². The Bertz CT molecular complexity index is 959. The molecule has 8 heteroatoms. The molecule has 2 atom stereocenters. The van der Waals surface area contributed by atoms with E-state index in [4.69, 9.17) is 11.6 Å². The summed E-state index contributed by atoms with van der Waals surface area (Å²) in [5.41, 5.74) is 1.72. The number of rotatable bonds is 4. The van der Waals surface area contributed by atoms with E-state index in [0.29, 0.717) is 25.2 Å². The van der Waals surface area contributed by atoms with Crippen LogP contribution in [0.1, 0.15) is 17.9 Å². The number of benzene rings is 2. The van der Waals surface area contributed by atoms with Crippen LogP contribution in [-0.4, -0.2) is 16.1 Å². The van der Waals surface area contributed by atoms with E-state index in [1.165, 1.54) is 23.5 Å². The summed E-state index contributed by atoms with van der Waals surface area (Å²) >= 11 is 10.4. The van der Waals surface area contributed by atoms with Gasteiger partial charge in [-0.15, -0.1) is 10.2 Å². The lowest BCUT2D eigenvalue weighted by molar-refractivity contribution is -0.117. The molecule has 0 aliphatic heterocycles. The molecule has 1 aliphatic rings. The highest BCUT2D eigenvalue weighted by Crippen LogP contribution is 2.48. The summed E-state index contributed by atoms with van der Waals surface area (Å²) in [6.07, 6.45) is 0.802. The summed E-state index contributed by atoms with van der Waals surface area (Å²) in [5.74, 6) is -0.308. The monoisotopic (exact) mass is 451 g/mol. The maximum absolute atomic E-state index is 13.5. The molecule has 1 aliphatic carbocycles. The van der Waals surface area contributed by atoms with Crippen molar-refractivity contribution in [2.75, 3.05) is 5.32 Å². The van der Waals surface area contributed by atoms with Crippen LogP contribution in [0.25, 0.3) is 10.6 Å². The fourth-order valence-electron chi connectivity index (χ4n) is 2.83. The average Bonchev–Trinajstić information content (AvgIpc) is 3.26. The topological polar surface area (TPSA) is 54.9 Å². The van der Waals surface area contributed by atoms with Crippen LogP contribution in [0.3, 0.4) is 0 Å². The first-order valence-corrected chi connectivity index (χ1v) is 9.84. The maximum atomic E-state index is 13.5. The van der Waals surface area contributed by atoms with Gasteiger partial charge in [0.25, 0.3) is 0 Å². The van der Waals surface area contributed by atoms with Gasteiger partial charge in [-0.3, -0.25) is 4.79 Å². The molecule has 2 aromatic carbocycles. The highest BCUT2D eigenvalue weighted by atomic mass is 79.9. The molecule has 2 unspecified atom stereocenters. The molecule has 132 valence electrons. The van der Waals surface area contributed by atoms with Crippen LogP contribution in [0.15, 0.2) is 46.9 Å². The summed E-state index contributed by atoms with van der Waals surface area (Å²) in [4.78, 5) is 12.4. The first-order valence-electron chi connectivity index (χ1n) is 7.86. The van der Waals surface area contributed by atoms with Crippen molar-refractivity contribution >= 4 is 49.9 Å². The van der Waals surface area contributed by atoms with Crippen molar-refractivity contribution in [3.05, 3.63) is 63.3 Å². The largest absolute Gasteiger partial charge is 0.300 e. The van der Waals surface area contributed by atoms with Gasteiger partial charge in [-0.05, 0) is 48.2 Å². The van der Waals surface area contributed by atoms with Crippen LogP contribution >= 0.6 is 38.9 Å². The molecule has 1 N–H and O–H groups in total. The van der Waals surface area contributed by atoms with Gasteiger partial charge in [0.15, 0.2) is 0 Å². The molecular weight excluding hydrogens is 441 g/mol.